The molecule has 0 amide bonds. The molecule has 1 aliphatic carbocycles. The van der Waals surface area contributed by atoms with E-state index in [1.165, 1.54) is 65.7 Å². The van der Waals surface area contributed by atoms with Crippen LogP contribution in [-0.4, -0.2) is 8.07 Å². The van der Waals surface area contributed by atoms with Gasteiger partial charge in [-0.2, -0.15) is 0 Å². The van der Waals surface area contributed by atoms with Gasteiger partial charge in [-0.3, -0.25) is 0 Å². The average Bonchev–Trinajstić information content (AvgIpc) is 3.17. The SMILES string of the molecule is CC1=CC(C)([Si](c2cc(C(C)(C)C)cc(C(C)(C)C)c2)(c2cc(C(C)(C)C)cc(C(C)(C)C)c2)c2cc(C(C)(C)C)cc(C(C)(C)C)c2)C(C)=C1C. The Hall–Kier alpha value is -2.64. The van der Waals surface area contributed by atoms with Crippen molar-refractivity contribution in [3.63, 3.8) is 0 Å². The van der Waals surface area contributed by atoms with Crippen LogP contribution in [0.3, 0.4) is 0 Å². The molecule has 0 radical (unpaired) electrons. The summed E-state index contributed by atoms with van der Waals surface area (Å²) in [5.41, 5.74) is 12.9. The standard InChI is InChI=1S/C51H76Si/c1-33-32-51(22,35(3)34(33)2)52(42-26-36(45(4,5)6)23-37(27-42)46(7,8)9,43-28-38(47(10,11)12)24-39(29-43)48(13,14)15)44-30-40(49(16,17)18)25-41(31-44)50(19,20)21/h23-32H,1-22H3. The highest BCUT2D eigenvalue weighted by atomic mass is 28.3. The molecule has 1 aliphatic rings. The van der Waals surface area contributed by atoms with E-state index < -0.39 is 8.07 Å². The van der Waals surface area contributed by atoms with Crippen molar-refractivity contribution in [2.75, 3.05) is 0 Å². The molecule has 1 unspecified atom stereocenters. The smallest absolute Gasteiger partial charge is 0.0730 e. The molecule has 0 spiro atoms. The van der Waals surface area contributed by atoms with Crippen LogP contribution in [0.5, 0.6) is 0 Å². The zero-order chi connectivity index (χ0) is 40.0. The first-order chi connectivity index (χ1) is 23.1. The van der Waals surface area contributed by atoms with E-state index in [-0.39, 0.29) is 37.5 Å². The second kappa shape index (κ2) is 13.0. The van der Waals surface area contributed by atoms with Crippen molar-refractivity contribution in [1.82, 2.24) is 0 Å². The van der Waals surface area contributed by atoms with Gasteiger partial charge in [0, 0.05) is 5.04 Å². The maximum Gasteiger partial charge on any atom is 0.161 e. The highest BCUT2D eigenvalue weighted by molar-refractivity contribution is 7.14. The third-order valence-electron chi connectivity index (χ3n) is 12.5. The minimum absolute atomic E-state index is 0.00700. The summed E-state index contributed by atoms with van der Waals surface area (Å²) in [6.07, 6.45) is 2.70. The van der Waals surface area contributed by atoms with Crippen molar-refractivity contribution < 1.29 is 0 Å². The van der Waals surface area contributed by atoms with E-state index in [0.717, 1.165) is 0 Å². The van der Waals surface area contributed by atoms with Crippen molar-refractivity contribution in [3.8, 4) is 0 Å². The van der Waals surface area contributed by atoms with Crippen molar-refractivity contribution in [3.05, 3.63) is 111 Å². The zero-order valence-electron chi connectivity index (χ0n) is 37.8. The molecule has 1 heteroatoms. The lowest BCUT2D eigenvalue weighted by atomic mass is 9.80. The molecule has 0 aromatic heterocycles. The van der Waals surface area contributed by atoms with Crippen LogP contribution in [0.2, 0.25) is 5.04 Å². The minimum Gasteiger partial charge on any atom is -0.0730 e. The lowest BCUT2D eigenvalue weighted by molar-refractivity contribution is 0.569. The molecule has 1 atom stereocenters. The van der Waals surface area contributed by atoms with Gasteiger partial charge in [0.2, 0.25) is 0 Å². The molecule has 4 rings (SSSR count). The van der Waals surface area contributed by atoms with Gasteiger partial charge >= 0.3 is 0 Å². The molecule has 284 valence electrons. The predicted molar refractivity (Wildman–Crippen MR) is 237 cm³/mol. The van der Waals surface area contributed by atoms with E-state index in [0.29, 0.717) is 0 Å². The number of benzene rings is 3. The minimum atomic E-state index is -3.06. The van der Waals surface area contributed by atoms with Gasteiger partial charge in [-0.15, -0.1) is 0 Å². The Morgan fingerprint density at radius 1 is 0.365 bits per heavy atom. The van der Waals surface area contributed by atoms with Gasteiger partial charge in [-0.25, -0.2) is 0 Å². The summed E-state index contributed by atoms with van der Waals surface area (Å²) in [5.74, 6) is 0. The summed E-state index contributed by atoms with van der Waals surface area (Å²) < 4.78 is 0. The third-order valence-corrected chi connectivity index (χ3v) is 18.1. The van der Waals surface area contributed by atoms with Crippen molar-refractivity contribution in [2.24, 2.45) is 0 Å². The molecule has 3 aromatic carbocycles. The Balaban J connectivity index is 2.54. The van der Waals surface area contributed by atoms with Crippen molar-refractivity contribution in [1.29, 1.82) is 0 Å². The number of allylic oxidation sites excluding steroid dienone is 4. The fourth-order valence-corrected chi connectivity index (χ4v) is 14.5. The first kappa shape index (κ1) is 42.1. The molecular formula is C51H76Si. The summed E-state index contributed by atoms with van der Waals surface area (Å²) in [6, 6.07) is 23.5. The van der Waals surface area contributed by atoms with Crippen LogP contribution in [0, 0.1) is 0 Å². The van der Waals surface area contributed by atoms with Crippen LogP contribution in [0.1, 0.15) is 186 Å². The maximum absolute atomic E-state index is 3.06. The first-order valence-electron chi connectivity index (χ1n) is 20.0. The summed E-state index contributed by atoms with van der Waals surface area (Å²) in [6.45, 7) is 53.0. The molecule has 0 bridgehead atoms. The highest BCUT2D eigenvalue weighted by Gasteiger charge is 2.57. The Kier molecular flexibility index (Phi) is 10.5. The second-order valence-corrected chi connectivity index (χ2v) is 27.2. The van der Waals surface area contributed by atoms with E-state index in [4.69, 9.17) is 0 Å². The quantitative estimate of drug-likeness (QED) is 0.186. The third kappa shape index (κ3) is 7.65. The summed E-state index contributed by atoms with van der Waals surface area (Å²) in [7, 11) is -3.06. The van der Waals surface area contributed by atoms with Crippen LogP contribution < -0.4 is 15.6 Å². The summed E-state index contributed by atoms with van der Waals surface area (Å²) >= 11 is 0. The molecule has 3 aromatic rings. The second-order valence-electron chi connectivity index (χ2n) is 22.9. The first-order valence-corrected chi connectivity index (χ1v) is 22.0. The van der Waals surface area contributed by atoms with E-state index in [2.05, 4.69) is 213 Å². The van der Waals surface area contributed by atoms with Crippen molar-refractivity contribution >= 4 is 23.6 Å². The molecule has 0 saturated heterocycles. The highest BCUT2D eigenvalue weighted by Crippen LogP contribution is 2.54. The Morgan fingerprint density at radius 2 is 0.577 bits per heavy atom. The molecule has 0 N–H and O–H groups in total. The van der Waals surface area contributed by atoms with E-state index >= 15 is 0 Å². The van der Waals surface area contributed by atoms with Gasteiger partial charge in [-0.1, -0.05) is 203 Å². The lowest BCUT2D eigenvalue weighted by Gasteiger charge is -2.49. The average molecular weight is 717 g/mol. The Labute approximate surface area is 323 Å². The predicted octanol–water partition coefficient (Wildman–Crippen LogP) is 13.0. The molecule has 0 saturated carbocycles. The van der Waals surface area contributed by atoms with E-state index in [1.54, 1.807) is 0 Å². The van der Waals surface area contributed by atoms with Crippen LogP contribution in [0.15, 0.2) is 77.4 Å². The lowest BCUT2D eigenvalue weighted by Crippen LogP contribution is -2.73. The fourth-order valence-electron chi connectivity index (χ4n) is 8.25. The van der Waals surface area contributed by atoms with Crippen LogP contribution in [-0.2, 0) is 32.5 Å². The van der Waals surface area contributed by atoms with Gasteiger partial charge in [0.1, 0.15) is 0 Å². The van der Waals surface area contributed by atoms with Crippen LogP contribution in [0.25, 0.3) is 0 Å². The summed E-state index contributed by atoms with van der Waals surface area (Å²) in [5, 5.41) is 4.37. The Morgan fingerprint density at radius 3 is 0.731 bits per heavy atom. The molecule has 0 aliphatic heterocycles. The maximum atomic E-state index is 2.70. The molecular weight excluding hydrogens is 641 g/mol. The number of hydrogen-bond donors (Lipinski definition) is 0. The van der Waals surface area contributed by atoms with Crippen molar-refractivity contribution in [2.45, 2.75) is 190 Å². The Bertz CT molecular complexity index is 1620. The summed E-state index contributed by atoms with van der Waals surface area (Å²) in [4.78, 5) is 0. The molecule has 0 nitrogen and oxygen atoms in total. The molecule has 0 fully saturated rings. The van der Waals surface area contributed by atoms with Gasteiger partial charge in [0.05, 0.1) is 0 Å². The number of hydrogen-bond acceptors (Lipinski definition) is 0. The van der Waals surface area contributed by atoms with Gasteiger partial charge in [-0.05, 0) is 108 Å². The van der Waals surface area contributed by atoms with Gasteiger partial charge < -0.3 is 0 Å². The molecule has 0 heterocycles. The van der Waals surface area contributed by atoms with Crippen LogP contribution in [0.4, 0.5) is 0 Å². The molecule has 52 heavy (non-hydrogen) atoms. The van der Waals surface area contributed by atoms with E-state index in [1.807, 2.05) is 0 Å². The van der Waals surface area contributed by atoms with Crippen LogP contribution >= 0.6 is 0 Å². The monoisotopic (exact) mass is 717 g/mol. The topological polar surface area (TPSA) is 0 Å². The zero-order valence-corrected chi connectivity index (χ0v) is 38.8. The van der Waals surface area contributed by atoms with Gasteiger partial charge in [0.15, 0.2) is 8.07 Å². The largest absolute Gasteiger partial charge is 0.161 e. The van der Waals surface area contributed by atoms with Gasteiger partial charge in [0.25, 0.3) is 0 Å². The normalized spacial score (nSPS) is 18.3. The number of rotatable bonds is 4. The fraction of sp³-hybridized carbons (Fsp3) is 0.569. The van der Waals surface area contributed by atoms with E-state index in [9.17, 15) is 0 Å².